The number of hydrogen-bond acceptors (Lipinski definition) is 7. The van der Waals surface area contributed by atoms with Crippen molar-refractivity contribution in [2.24, 2.45) is 5.73 Å². The summed E-state index contributed by atoms with van der Waals surface area (Å²) in [6.07, 6.45) is 9.07. The second kappa shape index (κ2) is 7.91. The summed E-state index contributed by atoms with van der Waals surface area (Å²) in [7, 11) is 0. The van der Waals surface area contributed by atoms with Gasteiger partial charge in [0.1, 0.15) is 11.9 Å². The van der Waals surface area contributed by atoms with E-state index < -0.39 is 5.91 Å². The Morgan fingerprint density at radius 1 is 1.17 bits per heavy atom. The molecule has 1 saturated carbocycles. The summed E-state index contributed by atoms with van der Waals surface area (Å²) >= 11 is 1.67. The van der Waals surface area contributed by atoms with Crippen molar-refractivity contribution in [3.05, 3.63) is 34.5 Å². The predicted octanol–water partition coefficient (Wildman–Crippen LogP) is 2.60. The molecule has 3 aliphatic rings. The van der Waals surface area contributed by atoms with Gasteiger partial charge in [-0.2, -0.15) is 0 Å². The quantitative estimate of drug-likeness (QED) is 0.811. The lowest BCUT2D eigenvalue weighted by molar-refractivity contribution is 0.0492. The zero-order valence-electron chi connectivity index (χ0n) is 16.5. The predicted molar refractivity (Wildman–Crippen MR) is 112 cm³/mol. The monoisotopic (exact) mass is 413 g/mol. The molecule has 29 heavy (non-hydrogen) atoms. The number of nitrogens with zero attached hydrogens (tertiary/aromatic N) is 4. The summed E-state index contributed by atoms with van der Waals surface area (Å²) in [4.78, 5) is 26.5. The fraction of sp³-hybridized carbons (Fsp3) is 0.571. The minimum atomic E-state index is -0.451. The number of ether oxygens (including phenoxy) is 1. The lowest BCUT2D eigenvalue weighted by atomic mass is 9.90. The number of piperidine rings is 1. The van der Waals surface area contributed by atoms with E-state index in [-0.39, 0.29) is 6.10 Å². The summed E-state index contributed by atoms with van der Waals surface area (Å²) in [5, 5.41) is 0.816. The van der Waals surface area contributed by atoms with E-state index in [0.29, 0.717) is 5.56 Å². The summed E-state index contributed by atoms with van der Waals surface area (Å²) in [5.74, 6) is 0.410. The van der Waals surface area contributed by atoms with Crippen molar-refractivity contribution in [1.29, 1.82) is 0 Å². The van der Waals surface area contributed by atoms with Gasteiger partial charge in [0.05, 0.1) is 22.7 Å². The molecular formula is C21H27N5O2S. The van der Waals surface area contributed by atoms with E-state index in [2.05, 4.69) is 14.8 Å². The lowest BCUT2D eigenvalue weighted by Crippen LogP contribution is -2.46. The van der Waals surface area contributed by atoms with E-state index in [1.165, 1.54) is 24.1 Å². The molecule has 1 saturated heterocycles. The number of carbonyl (C=O) groups excluding carboxylic acids is 1. The number of rotatable bonds is 5. The van der Waals surface area contributed by atoms with Crippen molar-refractivity contribution in [3.63, 3.8) is 0 Å². The third-order valence-electron chi connectivity index (χ3n) is 6.40. The van der Waals surface area contributed by atoms with Gasteiger partial charge in [-0.3, -0.25) is 4.79 Å². The highest BCUT2D eigenvalue weighted by atomic mass is 32.1. The highest BCUT2D eigenvalue weighted by Crippen LogP contribution is 2.34. The first kappa shape index (κ1) is 18.8. The van der Waals surface area contributed by atoms with Gasteiger partial charge in [-0.15, -0.1) is 0 Å². The topological polar surface area (TPSA) is 84.6 Å². The van der Waals surface area contributed by atoms with Gasteiger partial charge in [-0.1, -0.05) is 17.8 Å². The molecule has 2 fully saturated rings. The van der Waals surface area contributed by atoms with Crippen LogP contribution in [0.1, 0.15) is 53.0 Å². The molecule has 154 valence electrons. The number of pyridine rings is 1. The molecule has 8 heteroatoms. The minimum Gasteiger partial charge on any atom is -0.467 e. The first-order valence-corrected chi connectivity index (χ1v) is 11.4. The average Bonchev–Trinajstić information content (AvgIpc) is 3.09. The Labute approximate surface area is 174 Å². The summed E-state index contributed by atoms with van der Waals surface area (Å²) in [5.41, 5.74) is 6.89. The Morgan fingerprint density at radius 2 is 2.00 bits per heavy atom. The van der Waals surface area contributed by atoms with Gasteiger partial charge in [0.2, 0.25) is 5.91 Å². The zero-order valence-corrected chi connectivity index (χ0v) is 17.4. The standard InChI is InChI=1S/C21H27N5O2S/c22-20(27)14-4-5-19(23-12-14)26-11-8-17-18(13-26)29-21(24-17)28-16-6-9-25(10-7-16)15-2-1-3-15/h4-5,12,15-16H,1-3,6-11,13H2,(H2,22,27). The fourth-order valence-corrected chi connectivity index (χ4v) is 5.43. The van der Waals surface area contributed by atoms with E-state index in [4.69, 9.17) is 15.5 Å². The van der Waals surface area contributed by atoms with Crippen molar-refractivity contribution in [3.8, 4) is 5.19 Å². The fourth-order valence-electron chi connectivity index (χ4n) is 4.39. The molecule has 4 heterocycles. The van der Waals surface area contributed by atoms with Gasteiger partial charge in [0.15, 0.2) is 0 Å². The SMILES string of the molecule is NC(=O)c1ccc(N2CCc3nc(OC4CCN(C5CCC5)CC4)sc3C2)nc1. The lowest BCUT2D eigenvalue weighted by Gasteiger charge is -2.41. The van der Waals surface area contributed by atoms with Gasteiger partial charge in [-0.05, 0) is 37.8 Å². The van der Waals surface area contributed by atoms with E-state index in [0.717, 1.165) is 68.2 Å². The number of likely N-dealkylation sites (tertiary alicyclic amines) is 1. The van der Waals surface area contributed by atoms with Crippen LogP contribution in [0.2, 0.25) is 0 Å². The van der Waals surface area contributed by atoms with Crippen LogP contribution in [0, 0.1) is 0 Å². The Bertz CT molecular complexity index is 872. The Balaban J connectivity index is 1.19. The number of fused-ring (bicyclic) bond motifs is 1. The number of amides is 1. The molecule has 1 amide bonds. The van der Waals surface area contributed by atoms with Gasteiger partial charge in [0.25, 0.3) is 5.19 Å². The van der Waals surface area contributed by atoms with Crippen molar-refractivity contribution in [2.75, 3.05) is 24.5 Å². The minimum absolute atomic E-state index is 0.290. The molecule has 1 aliphatic carbocycles. The molecule has 2 aliphatic heterocycles. The molecule has 2 aromatic heterocycles. The Kier molecular flexibility index (Phi) is 5.13. The summed E-state index contributed by atoms with van der Waals surface area (Å²) in [6.45, 7) is 3.95. The maximum atomic E-state index is 11.2. The molecule has 0 unspecified atom stereocenters. The first-order valence-electron chi connectivity index (χ1n) is 10.6. The Morgan fingerprint density at radius 3 is 2.66 bits per heavy atom. The van der Waals surface area contributed by atoms with Crippen LogP contribution in [0.3, 0.4) is 0 Å². The number of aromatic nitrogens is 2. The van der Waals surface area contributed by atoms with E-state index in [1.54, 1.807) is 23.6 Å². The van der Waals surface area contributed by atoms with Crippen molar-refractivity contribution in [2.45, 2.75) is 57.2 Å². The molecule has 0 radical (unpaired) electrons. The van der Waals surface area contributed by atoms with Gasteiger partial charge in [0, 0.05) is 38.3 Å². The van der Waals surface area contributed by atoms with Crippen LogP contribution < -0.4 is 15.4 Å². The highest BCUT2D eigenvalue weighted by molar-refractivity contribution is 7.13. The average molecular weight is 414 g/mol. The van der Waals surface area contributed by atoms with Crippen LogP contribution in [0.5, 0.6) is 5.19 Å². The molecular weight excluding hydrogens is 386 g/mol. The number of primary amides is 1. The normalized spacial score (nSPS) is 20.9. The van der Waals surface area contributed by atoms with E-state index in [1.807, 2.05) is 6.07 Å². The number of anilines is 1. The third kappa shape index (κ3) is 3.96. The van der Waals surface area contributed by atoms with Crippen molar-refractivity contribution < 1.29 is 9.53 Å². The van der Waals surface area contributed by atoms with Crippen LogP contribution in [0.25, 0.3) is 0 Å². The number of carbonyl (C=O) groups is 1. The van der Waals surface area contributed by atoms with Crippen LogP contribution in [0.15, 0.2) is 18.3 Å². The number of hydrogen-bond donors (Lipinski definition) is 1. The number of nitrogens with two attached hydrogens (primary N) is 1. The maximum absolute atomic E-state index is 11.2. The highest BCUT2D eigenvalue weighted by Gasteiger charge is 2.30. The van der Waals surface area contributed by atoms with Gasteiger partial charge < -0.3 is 20.3 Å². The molecule has 5 rings (SSSR count). The second-order valence-electron chi connectivity index (χ2n) is 8.23. The van der Waals surface area contributed by atoms with Gasteiger partial charge >= 0.3 is 0 Å². The maximum Gasteiger partial charge on any atom is 0.273 e. The molecule has 2 N–H and O–H groups in total. The molecule has 0 aromatic carbocycles. The number of thiazole rings is 1. The van der Waals surface area contributed by atoms with Crippen molar-refractivity contribution in [1.82, 2.24) is 14.9 Å². The summed E-state index contributed by atoms with van der Waals surface area (Å²) < 4.78 is 6.27. The molecule has 0 atom stereocenters. The Hall–Kier alpha value is -2.19. The second-order valence-corrected chi connectivity index (χ2v) is 9.27. The van der Waals surface area contributed by atoms with Crippen molar-refractivity contribution >= 4 is 23.1 Å². The van der Waals surface area contributed by atoms with E-state index in [9.17, 15) is 4.79 Å². The first-order chi connectivity index (χ1) is 14.2. The van der Waals surface area contributed by atoms with Gasteiger partial charge in [-0.25, -0.2) is 9.97 Å². The molecule has 7 nitrogen and oxygen atoms in total. The van der Waals surface area contributed by atoms with Crippen LogP contribution in [0.4, 0.5) is 5.82 Å². The summed E-state index contributed by atoms with van der Waals surface area (Å²) in [6, 6.07) is 4.43. The smallest absolute Gasteiger partial charge is 0.273 e. The van der Waals surface area contributed by atoms with Crippen LogP contribution >= 0.6 is 11.3 Å². The van der Waals surface area contributed by atoms with E-state index >= 15 is 0 Å². The van der Waals surface area contributed by atoms with Crippen LogP contribution in [-0.4, -0.2) is 52.6 Å². The third-order valence-corrected chi connectivity index (χ3v) is 7.38. The van der Waals surface area contributed by atoms with Crippen LogP contribution in [-0.2, 0) is 13.0 Å². The largest absolute Gasteiger partial charge is 0.467 e. The molecule has 0 spiro atoms. The molecule has 2 aromatic rings. The molecule has 0 bridgehead atoms. The zero-order chi connectivity index (χ0) is 19.8.